The van der Waals surface area contributed by atoms with Crippen LogP contribution in [0.2, 0.25) is 0 Å². The van der Waals surface area contributed by atoms with Crippen LogP contribution in [0.3, 0.4) is 0 Å². The van der Waals surface area contributed by atoms with Gasteiger partial charge in [0.1, 0.15) is 17.5 Å². The molecule has 0 saturated heterocycles. The molecule has 0 atom stereocenters. The van der Waals surface area contributed by atoms with Gasteiger partial charge in [-0.05, 0) is 48.0 Å². The Morgan fingerprint density at radius 1 is 0.964 bits per heavy atom. The van der Waals surface area contributed by atoms with E-state index in [0.29, 0.717) is 11.5 Å². The third-order valence-corrected chi connectivity index (χ3v) is 4.13. The topological polar surface area (TPSA) is 71.8 Å². The van der Waals surface area contributed by atoms with Crippen LogP contribution in [0.1, 0.15) is 5.56 Å². The number of urea groups is 1. The Bertz CT molecular complexity index is 1120. The Hall–Kier alpha value is -3.81. The standard InChI is InChI=1S/C20H15F2N5O/c21-15-3-1-13(2-4-15)10-24-20(28)26-19-9-14-11-25-27(18(14)12-23-19)17-7-5-16(22)6-8-17/h1-9,11-12H,10H2,(H2,23,24,26,28). The summed E-state index contributed by atoms with van der Waals surface area (Å²) in [7, 11) is 0. The van der Waals surface area contributed by atoms with Gasteiger partial charge >= 0.3 is 6.03 Å². The Kier molecular flexibility index (Phi) is 4.67. The van der Waals surface area contributed by atoms with E-state index < -0.39 is 6.03 Å². The second-order valence-electron chi connectivity index (χ2n) is 6.10. The zero-order valence-corrected chi connectivity index (χ0v) is 14.6. The smallest absolute Gasteiger partial charge is 0.320 e. The van der Waals surface area contributed by atoms with E-state index in [1.807, 2.05) is 0 Å². The molecule has 0 fully saturated rings. The van der Waals surface area contributed by atoms with Gasteiger partial charge in [-0.25, -0.2) is 23.2 Å². The number of pyridine rings is 1. The second kappa shape index (κ2) is 7.43. The van der Waals surface area contributed by atoms with Crippen LogP contribution in [0.5, 0.6) is 0 Å². The molecule has 0 aliphatic carbocycles. The summed E-state index contributed by atoms with van der Waals surface area (Å²) in [5.74, 6) is -0.286. The van der Waals surface area contributed by atoms with Crippen LogP contribution in [0.4, 0.5) is 19.4 Å². The molecule has 28 heavy (non-hydrogen) atoms. The predicted octanol–water partition coefficient (Wildman–Crippen LogP) is 4.02. The summed E-state index contributed by atoms with van der Waals surface area (Å²) in [6.45, 7) is 0.261. The largest absolute Gasteiger partial charge is 0.334 e. The minimum Gasteiger partial charge on any atom is -0.334 e. The molecule has 2 N–H and O–H groups in total. The SMILES string of the molecule is O=C(NCc1ccc(F)cc1)Nc1cc2cnn(-c3ccc(F)cc3)c2cn1. The molecule has 0 saturated carbocycles. The van der Waals surface area contributed by atoms with Gasteiger partial charge < -0.3 is 5.32 Å². The lowest BCUT2D eigenvalue weighted by Gasteiger charge is -2.08. The minimum atomic E-state index is -0.429. The summed E-state index contributed by atoms with van der Waals surface area (Å²) in [6, 6.07) is 13.1. The van der Waals surface area contributed by atoms with Crippen molar-refractivity contribution in [1.82, 2.24) is 20.1 Å². The van der Waals surface area contributed by atoms with E-state index in [1.54, 1.807) is 47.4 Å². The van der Waals surface area contributed by atoms with E-state index in [-0.39, 0.29) is 18.2 Å². The van der Waals surface area contributed by atoms with Crippen molar-refractivity contribution in [2.75, 3.05) is 5.32 Å². The molecule has 8 heteroatoms. The Labute approximate surface area is 158 Å². The van der Waals surface area contributed by atoms with Crippen molar-refractivity contribution in [3.63, 3.8) is 0 Å². The lowest BCUT2D eigenvalue weighted by molar-refractivity contribution is 0.251. The van der Waals surface area contributed by atoms with Gasteiger partial charge in [0.25, 0.3) is 0 Å². The van der Waals surface area contributed by atoms with E-state index >= 15 is 0 Å². The fourth-order valence-electron chi connectivity index (χ4n) is 2.73. The first-order chi connectivity index (χ1) is 13.6. The highest BCUT2D eigenvalue weighted by atomic mass is 19.1. The molecule has 0 aliphatic rings. The molecule has 2 amide bonds. The van der Waals surface area contributed by atoms with Crippen molar-refractivity contribution in [3.8, 4) is 5.69 Å². The van der Waals surface area contributed by atoms with Crippen molar-refractivity contribution >= 4 is 22.8 Å². The molecule has 0 radical (unpaired) electrons. The average Bonchev–Trinajstić information content (AvgIpc) is 3.11. The van der Waals surface area contributed by atoms with Gasteiger partial charge in [-0.1, -0.05) is 12.1 Å². The lowest BCUT2D eigenvalue weighted by atomic mass is 10.2. The zero-order chi connectivity index (χ0) is 19.5. The summed E-state index contributed by atoms with van der Waals surface area (Å²) in [5, 5.41) is 10.4. The predicted molar refractivity (Wildman–Crippen MR) is 101 cm³/mol. The number of nitrogens with one attached hydrogen (secondary N) is 2. The van der Waals surface area contributed by atoms with Crippen LogP contribution < -0.4 is 10.6 Å². The average molecular weight is 379 g/mol. The number of carbonyl (C=O) groups excluding carboxylic acids is 1. The number of benzene rings is 2. The highest BCUT2D eigenvalue weighted by molar-refractivity contribution is 5.91. The molecule has 0 spiro atoms. The van der Waals surface area contributed by atoms with Crippen molar-refractivity contribution < 1.29 is 13.6 Å². The fourth-order valence-corrected chi connectivity index (χ4v) is 2.73. The highest BCUT2D eigenvalue weighted by Gasteiger charge is 2.09. The van der Waals surface area contributed by atoms with Gasteiger partial charge in [0.2, 0.25) is 0 Å². The van der Waals surface area contributed by atoms with E-state index in [4.69, 9.17) is 0 Å². The number of carbonyl (C=O) groups is 1. The van der Waals surface area contributed by atoms with Crippen molar-refractivity contribution in [1.29, 1.82) is 0 Å². The number of rotatable bonds is 4. The highest BCUT2D eigenvalue weighted by Crippen LogP contribution is 2.20. The number of halogens is 2. The van der Waals surface area contributed by atoms with Crippen molar-refractivity contribution in [2.24, 2.45) is 0 Å². The molecule has 2 heterocycles. The quantitative estimate of drug-likeness (QED) is 0.563. The van der Waals surface area contributed by atoms with Crippen LogP contribution in [-0.2, 0) is 6.54 Å². The van der Waals surface area contributed by atoms with Gasteiger partial charge in [0, 0.05) is 11.9 Å². The fraction of sp³-hybridized carbons (Fsp3) is 0.0500. The van der Waals surface area contributed by atoms with E-state index in [2.05, 4.69) is 20.7 Å². The summed E-state index contributed by atoms with van der Waals surface area (Å²) in [4.78, 5) is 16.3. The maximum absolute atomic E-state index is 13.1. The monoisotopic (exact) mass is 379 g/mol. The van der Waals surface area contributed by atoms with Crippen molar-refractivity contribution in [2.45, 2.75) is 6.54 Å². The van der Waals surface area contributed by atoms with Gasteiger partial charge in [-0.3, -0.25) is 5.32 Å². The van der Waals surface area contributed by atoms with Gasteiger partial charge in [0.15, 0.2) is 0 Å². The molecule has 0 aliphatic heterocycles. The van der Waals surface area contributed by atoms with Crippen LogP contribution in [-0.4, -0.2) is 20.8 Å². The molecule has 140 valence electrons. The number of fused-ring (bicyclic) bond motifs is 1. The first-order valence-corrected chi connectivity index (χ1v) is 8.47. The molecule has 0 unspecified atom stereocenters. The maximum atomic E-state index is 13.1. The molecule has 4 aromatic rings. The number of nitrogens with zero attached hydrogens (tertiary/aromatic N) is 3. The third kappa shape index (κ3) is 3.80. The minimum absolute atomic E-state index is 0.261. The molecular weight excluding hydrogens is 364 g/mol. The van der Waals surface area contributed by atoms with Crippen LogP contribution >= 0.6 is 0 Å². The number of anilines is 1. The third-order valence-electron chi connectivity index (χ3n) is 4.13. The molecular formula is C20H15F2N5O. The lowest BCUT2D eigenvalue weighted by Crippen LogP contribution is -2.28. The normalized spacial score (nSPS) is 10.8. The second-order valence-corrected chi connectivity index (χ2v) is 6.10. The zero-order valence-electron chi connectivity index (χ0n) is 14.6. The Morgan fingerprint density at radius 2 is 1.64 bits per heavy atom. The first-order valence-electron chi connectivity index (χ1n) is 8.47. The molecule has 6 nitrogen and oxygen atoms in total. The van der Waals surface area contributed by atoms with Gasteiger partial charge in [0.05, 0.1) is 23.6 Å². The van der Waals surface area contributed by atoms with Gasteiger partial charge in [-0.15, -0.1) is 0 Å². The van der Waals surface area contributed by atoms with Crippen LogP contribution in [0, 0.1) is 11.6 Å². The Balaban J connectivity index is 1.45. The molecule has 2 aromatic carbocycles. The summed E-state index contributed by atoms with van der Waals surface area (Å²) < 4.78 is 27.6. The van der Waals surface area contributed by atoms with Crippen LogP contribution in [0.15, 0.2) is 67.0 Å². The molecule has 2 aromatic heterocycles. The molecule has 4 rings (SSSR count). The van der Waals surface area contributed by atoms with Crippen molar-refractivity contribution in [3.05, 3.63) is 84.2 Å². The Morgan fingerprint density at radius 3 is 2.36 bits per heavy atom. The summed E-state index contributed by atoms with van der Waals surface area (Å²) in [5.41, 5.74) is 2.21. The maximum Gasteiger partial charge on any atom is 0.320 e. The number of amides is 2. The summed E-state index contributed by atoms with van der Waals surface area (Å²) in [6.07, 6.45) is 3.23. The van der Waals surface area contributed by atoms with Crippen LogP contribution in [0.25, 0.3) is 16.6 Å². The number of hydrogen-bond donors (Lipinski definition) is 2. The van der Waals surface area contributed by atoms with Gasteiger partial charge in [-0.2, -0.15) is 5.10 Å². The molecule has 0 bridgehead atoms. The number of aromatic nitrogens is 3. The van der Waals surface area contributed by atoms with E-state index in [9.17, 15) is 13.6 Å². The van der Waals surface area contributed by atoms with E-state index in [0.717, 1.165) is 16.5 Å². The number of hydrogen-bond acceptors (Lipinski definition) is 3. The summed E-state index contributed by atoms with van der Waals surface area (Å²) >= 11 is 0. The van der Waals surface area contributed by atoms with E-state index in [1.165, 1.54) is 24.3 Å². The first kappa shape index (κ1) is 17.6.